The standard InChI is InChI=1S/C14H14FN5/c1-2-7-16-14-18-12(9-3-5-10(15)6-4-9)11-8-17-20-13(11)19-14/h3-6,8H,2,7H2,1H3,(H2,16,17,18,19,20). The van der Waals surface area contributed by atoms with Crippen LogP contribution in [0.4, 0.5) is 10.3 Å². The number of aromatic amines is 1. The molecule has 0 aliphatic heterocycles. The van der Waals surface area contributed by atoms with Gasteiger partial charge in [-0.1, -0.05) is 6.92 Å². The Morgan fingerprint density at radius 3 is 2.75 bits per heavy atom. The van der Waals surface area contributed by atoms with Crippen molar-refractivity contribution in [2.75, 3.05) is 11.9 Å². The first-order valence-electron chi connectivity index (χ1n) is 6.49. The zero-order valence-corrected chi connectivity index (χ0v) is 11.0. The summed E-state index contributed by atoms with van der Waals surface area (Å²) in [4.78, 5) is 8.87. The van der Waals surface area contributed by atoms with Crippen molar-refractivity contribution in [3.8, 4) is 11.3 Å². The highest BCUT2D eigenvalue weighted by Gasteiger charge is 2.11. The Balaban J connectivity index is 2.11. The van der Waals surface area contributed by atoms with Gasteiger partial charge in [-0.05, 0) is 30.7 Å². The molecule has 0 saturated carbocycles. The van der Waals surface area contributed by atoms with E-state index in [9.17, 15) is 4.39 Å². The average Bonchev–Trinajstić information content (AvgIpc) is 2.93. The third kappa shape index (κ3) is 2.32. The SMILES string of the molecule is CCCNc1nc(-c2ccc(F)cc2)c2cn[nH]c2n1. The van der Waals surface area contributed by atoms with E-state index < -0.39 is 0 Å². The maximum absolute atomic E-state index is 13.0. The lowest BCUT2D eigenvalue weighted by Gasteiger charge is -2.07. The lowest BCUT2D eigenvalue weighted by molar-refractivity contribution is 0.628. The molecule has 5 nitrogen and oxygen atoms in total. The van der Waals surface area contributed by atoms with Crippen LogP contribution < -0.4 is 5.32 Å². The van der Waals surface area contributed by atoms with E-state index in [1.54, 1.807) is 18.3 Å². The van der Waals surface area contributed by atoms with Crippen LogP contribution in [0, 0.1) is 5.82 Å². The topological polar surface area (TPSA) is 66.5 Å². The first-order valence-corrected chi connectivity index (χ1v) is 6.49. The lowest BCUT2D eigenvalue weighted by Crippen LogP contribution is -2.05. The molecule has 2 heterocycles. The van der Waals surface area contributed by atoms with E-state index in [1.807, 2.05) is 0 Å². The summed E-state index contributed by atoms with van der Waals surface area (Å²) >= 11 is 0. The molecule has 20 heavy (non-hydrogen) atoms. The molecule has 0 radical (unpaired) electrons. The van der Waals surface area contributed by atoms with E-state index in [2.05, 4.69) is 32.4 Å². The first kappa shape index (κ1) is 12.5. The number of aromatic nitrogens is 4. The highest BCUT2D eigenvalue weighted by atomic mass is 19.1. The normalized spacial score (nSPS) is 10.9. The monoisotopic (exact) mass is 271 g/mol. The number of rotatable bonds is 4. The second-order valence-electron chi connectivity index (χ2n) is 4.46. The fraction of sp³-hybridized carbons (Fsp3) is 0.214. The Labute approximate surface area is 115 Å². The van der Waals surface area contributed by atoms with E-state index in [4.69, 9.17) is 0 Å². The van der Waals surface area contributed by atoms with Crippen LogP contribution in [0.2, 0.25) is 0 Å². The molecule has 0 amide bonds. The molecular weight excluding hydrogens is 257 g/mol. The number of fused-ring (bicyclic) bond motifs is 1. The number of hydrogen-bond donors (Lipinski definition) is 2. The quantitative estimate of drug-likeness (QED) is 0.765. The van der Waals surface area contributed by atoms with Crippen molar-refractivity contribution in [2.24, 2.45) is 0 Å². The Morgan fingerprint density at radius 2 is 2.00 bits per heavy atom. The minimum atomic E-state index is -0.268. The van der Waals surface area contributed by atoms with Gasteiger partial charge in [-0.3, -0.25) is 5.10 Å². The number of hydrogen-bond acceptors (Lipinski definition) is 4. The minimum Gasteiger partial charge on any atom is -0.354 e. The molecule has 3 aromatic rings. The van der Waals surface area contributed by atoms with Gasteiger partial charge in [0.05, 0.1) is 17.3 Å². The van der Waals surface area contributed by atoms with Gasteiger partial charge in [0.25, 0.3) is 0 Å². The molecule has 3 rings (SSSR count). The Hall–Kier alpha value is -2.50. The molecular formula is C14H14FN5. The van der Waals surface area contributed by atoms with Crippen LogP contribution in [0.1, 0.15) is 13.3 Å². The van der Waals surface area contributed by atoms with Gasteiger partial charge in [0.1, 0.15) is 5.82 Å². The van der Waals surface area contributed by atoms with Gasteiger partial charge in [-0.15, -0.1) is 0 Å². The number of nitrogens with zero attached hydrogens (tertiary/aromatic N) is 3. The smallest absolute Gasteiger partial charge is 0.225 e. The fourth-order valence-electron chi connectivity index (χ4n) is 1.98. The zero-order chi connectivity index (χ0) is 13.9. The Bertz CT molecular complexity index is 720. The summed E-state index contributed by atoms with van der Waals surface area (Å²) in [5, 5.41) is 10.8. The number of benzene rings is 1. The van der Waals surface area contributed by atoms with Crippen LogP contribution in [0.5, 0.6) is 0 Å². The summed E-state index contributed by atoms with van der Waals surface area (Å²) in [6.07, 6.45) is 2.66. The van der Waals surface area contributed by atoms with Crippen molar-refractivity contribution >= 4 is 17.0 Å². The molecule has 0 aliphatic carbocycles. The van der Waals surface area contributed by atoms with Crippen molar-refractivity contribution in [1.82, 2.24) is 20.2 Å². The molecule has 0 saturated heterocycles. The molecule has 0 unspecified atom stereocenters. The number of nitrogens with one attached hydrogen (secondary N) is 2. The van der Waals surface area contributed by atoms with Crippen LogP contribution in [0.25, 0.3) is 22.3 Å². The van der Waals surface area contributed by atoms with Gasteiger partial charge in [0, 0.05) is 12.1 Å². The predicted molar refractivity (Wildman–Crippen MR) is 75.9 cm³/mol. The van der Waals surface area contributed by atoms with Gasteiger partial charge < -0.3 is 5.32 Å². The third-order valence-corrected chi connectivity index (χ3v) is 2.96. The van der Waals surface area contributed by atoms with Crippen LogP contribution in [0.15, 0.2) is 30.5 Å². The van der Waals surface area contributed by atoms with E-state index in [0.717, 1.165) is 29.6 Å². The summed E-state index contributed by atoms with van der Waals surface area (Å²) in [7, 11) is 0. The first-order chi connectivity index (χ1) is 9.78. The summed E-state index contributed by atoms with van der Waals surface area (Å²) in [5.41, 5.74) is 2.24. The minimum absolute atomic E-state index is 0.268. The maximum Gasteiger partial charge on any atom is 0.225 e. The van der Waals surface area contributed by atoms with Crippen LogP contribution in [0.3, 0.4) is 0 Å². The molecule has 0 bridgehead atoms. The molecule has 2 N–H and O–H groups in total. The van der Waals surface area contributed by atoms with Crippen LogP contribution >= 0.6 is 0 Å². The summed E-state index contributed by atoms with van der Waals surface area (Å²) < 4.78 is 13.0. The Morgan fingerprint density at radius 1 is 1.20 bits per heavy atom. The second-order valence-corrected chi connectivity index (χ2v) is 4.46. The van der Waals surface area contributed by atoms with Gasteiger partial charge in [-0.25, -0.2) is 9.37 Å². The summed E-state index contributed by atoms with van der Waals surface area (Å²) in [6.45, 7) is 2.87. The van der Waals surface area contributed by atoms with E-state index in [0.29, 0.717) is 11.6 Å². The van der Waals surface area contributed by atoms with E-state index in [1.165, 1.54) is 12.1 Å². The zero-order valence-electron chi connectivity index (χ0n) is 11.0. The molecule has 0 aliphatic rings. The van der Waals surface area contributed by atoms with Gasteiger partial charge in [0.2, 0.25) is 5.95 Å². The highest BCUT2D eigenvalue weighted by molar-refractivity contribution is 5.90. The average molecular weight is 271 g/mol. The van der Waals surface area contributed by atoms with Crippen molar-refractivity contribution in [1.29, 1.82) is 0 Å². The maximum atomic E-state index is 13.0. The fourth-order valence-corrected chi connectivity index (χ4v) is 1.98. The van der Waals surface area contributed by atoms with Gasteiger partial charge in [0.15, 0.2) is 5.65 Å². The molecule has 1 aromatic carbocycles. The molecule has 102 valence electrons. The predicted octanol–water partition coefficient (Wildman–Crippen LogP) is 2.98. The van der Waals surface area contributed by atoms with E-state index in [-0.39, 0.29) is 5.82 Å². The third-order valence-electron chi connectivity index (χ3n) is 2.96. The van der Waals surface area contributed by atoms with Gasteiger partial charge >= 0.3 is 0 Å². The highest BCUT2D eigenvalue weighted by Crippen LogP contribution is 2.26. The van der Waals surface area contributed by atoms with Crippen LogP contribution in [-0.4, -0.2) is 26.7 Å². The lowest BCUT2D eigenvalue weighted by atomic mass is 10.1. The number of H-pyrrole nitrogens is 1. The number of halogens is 1. The van der Waals surface area contributed by atoms with Gasteiger partial charge in [-0.2, -0.15) is 10.1 Å². The molecule has 6 heteroatoms. The van der Waals surface area contributed by atoms with E-state index >= 15 is 0 Å². The molecule has 0 spiro atoms. The van der Waals surface area contributed by atoms with Crippen molar-refractivity contribution in [3.63, 3.8) is 0 Å². The van der Waals surface area contributed by atoms with Crippen molar-refractivity contribution < 1.29 is 4.39 Å². The van der Waals surface area contributed by atoms with Crippen molar-refractivity contribution in [3.05, 3.63) is 36.3 Å². The largest absolute Gasteiger partial charge is 0.354 e. The summed E-state index contributed by atoms with van der Waals surface area (Å²) in [6, 6.07) is 6.24. The molecule has 0 fully saturated rings. The number of anilines is 1. The van der Waals surface area contributed by atoms with Crippen LogP contribution in [-0.2, 0) is 0 Å². The second kappa shape index (κ2) is 5.24. The Kier molecular flexibility index (Phi) is 3.28. The summed E-state index contributed by atoms with van der Waals surface area (Å²) in [5.74, 6) is 0.276. The van der Waals surface area contributed by atoms with Crippen molar-refractivity contribution in [2.45, 2.75) is 13.3 Å². The molecule has 2 aromatic heterocycles. The molecule has 0 atom stereocenters.